The van der Waals surface area contributed by atoms with E-state index < -0.39 is 25.2 Å². The predicted molar refractivity (Wildman–Crippen MR) is 97.4 cm³/mol. The van der Waals surface area contributed by atoms with E-state index in [9.17, 15) is 0 Å². The zero-order valence-electron chi connectivity index (χ0n) is 14.8. The fourth-order valence-electron chi connectivity index (χ4n) is 2.78. The summed E-state index contributed by atoms with van der Waals surface area (Å²) >= 11 is 0. The van der Waals surface area contributed by atoms with E-state index in [2.05, 4.69) is 46.2 Å². The molecule has 0 amide bonds. The highest BCUT2D eigenvalue weighted by Crippen LogP contribution is 2.26. The van der Waals surface area contributed by atoms with Crippen LogP contribution in [-0.2, 0) is 8.23 Å². The van der Waals surface area contributed by atoms with Gasteiger partial charge in [0.1, 0.15) is 0 Å². The fraction of sp³-hybridized carbons (Fsp3) is 1.00. The van der Waals surface area contributed by atoms with Gasteiger partial charge < -0.3 is 14.0 Å². The van der Waals surface area contributed by atoms with E-state index in [1.54, 1.807) is 0 Å². The molecular weight excluding hydrogens is 298 g/mol. The third-order valence-electron chi connectivity index (χ3n) is 3.41. The third kappa shape index (κ3) is 10.3. The lowest BCUT2D eigenvalue weighted by molar-refractivity contribution is 0.386. The molecule has 0 aromatic rings. The standard InChI is InChI=1S/C14H37NO2Si3/c1-8-9-10-13-18(2,3)16-20(6,7)17-19(4,5)14-11-12-15/h8-15H2,1-7H3. The smallest absolute Gasteiger partial charge is 0.311 e. The Balaban J connectivity index is 4.40. The van der Waals surface area contributed by atoms with Crippen molar-refractivity contribution in [3.63, 3.8) is 0 Å². The summed E-state index contributed by atoms with van der Waals surface area (Å²) in [5.41, 5.74) is 5.62. The molecule has 6 heteroatoms. The van der Waals surface area contributed by atoms with Crippen molar-refractivity contribution in [1.29, 1.82) is 0 Å². The zero-order chi connectivity index (χ0) is 15.9. The number of rotatable bonds is 11. The Labute approximate surface area is 130 Å². The van der Waals surface area contributed by atoms with Gasteiger partial charge in [-0.15, -0.1) is 0 Å². The van der Waals surface area contributed by atoms with E-state index >= 15 is 0 Å². The van der Waals surface area contributed by atoms with Gasteiger partial charge in [0, 0.05) is 0 Å². The number of hydrogen-bond donors (Lipinski definition) is 1. The van der Waals surface area contributed by atoms with Gasteiger partial charge in [-0.1, -0.05) is 26.2 Å². The molecule has 20 heavy (non-hydrogen) atoms. The molecular formula is C14H37NO2Si3. The van der Waals surface area contributed by atoms with Crippen LogP contribution in [-0.4, -0.2) is 31.7 Å². The number of hydrogen-bond acceptors (Lipinski definition) is 3. The highest BCUT2D eigenvalue weighted by molar-refractivity contribution is 6.87. The van der Waals surface area contributed by atoms with E-state index in [1.807, 2.05) is 0 Å². The lowest BCUT2D eigenvalue weighted by Crippen LogP contribution is -2.52. The average Bonchev–Trinajstić information content (AvgIpc) is 2.23. The number of unbranched alkanes of at least 4 members (excludes halogenated alkanes) is 2. The maximum atomic E-state index is 6.55. The highest BCUT2D eigenvalue weighted by Gasteiger charge is 2.38. The number of nitrogens with two attached hydrogens (primary N) is 1. The minimum Gasteiger partial charge on any atom is -0.437 e. The normalized spacial score (nSPS) is 13.8. The summed E-state index contributed by atoms with van der Waals surface area (Å²) in [4.78, 5) is 0. The van der Waals surface area contributed by atoms with Gasteiger partial charge in [-0.3, -0.25) is 0 Å². The summed E-state index contributed by atoms with van der Waals surface area (Å²) in [5, 5.41) is 0. The summed E-state index contributed by atoms with van der Waals surface area (Å²) in [6.45, 7) is 16.7. The summed E-state index contributed by atoms with van der Waals surface area (Å²) in [6, 6.07) is 2.40. The average molecular weight is 336 g/mol. The highest BCUT2D eigenvalue weighted by atomic mass is 28.5. The zero-order valence-corrected chi connectivity index (χ0v) is 17.8. The molecule has 0 unspecified atom stereocenters. The molecule has 0 aliphatic carbocycles. The third-order valence-corrected chi connectivity index (χ3v) is 14.9. The predicted octanol–water partition coefficient (Wildman–Crippen LogP) is 4.67. The molecule has 0 heterocycles. The molecule has 0 rings (SSSR count). The minimum absolute atomic E-state index is 0.764. The maximum Gasteiger partial charge on any atom is 0.311 e. The van der Waals surface area contributed by atoms with E-state index in [1.165, 1.54) is 25.3 Å². The summed E-state index contributed by atoms with van der Waals surface area (Å²) < 4.78 is 13.1. The first-order valence-electron chi connectivity index (χ1n) is 8.14. The summed E-state index contributed by atoms with van der Waals surface area (Å²) in [6.07, 6.45) is 4.97. The van der Waals surface area contributed by atoms with Gasteiger partial charge in [0.05, 0.1) is 0 Å². The van der Waals surface area contributed by atoms with Crippen LogP contribution in [0.4, 0.5) is 0 Å². The molecule has 0 radical (unpaired) electrons. The van der Waals surface area contributed by atoms with Crippen molar-refractivity contribution in [1.82, 2.24) is 0 Å². The first-order chi connectivity index (χ1) is 9.04. The summed E-state index contributed by atoms with van der Waals surface area (Å²) in [5.74, 6) is 0. The van der Waals surface area contributed by atoms with Crippen molar-refractivity contribution in [2.24, 2.45) is 5.73 Å². The SMILES string of the molecule is CCCCC[Si](C)(C)O[Si](C)(C)O[Si](C)(C)CCCN. The quantitative estimate of drug-likeness (QED) is 0.441. The van der Waals surface area contributed by atoms with E-state index in [4.69, 9.17) is 14.0 Å². The van der Waals surface area contributed by atoms with Crippen LogP contribution in [0, 0.1) is 0 Å². The lowest BCUT2D eigenvalue weighted by Gasteiger charge is -2.38. The Morgan fingerprint density at radius 1 is 0.750 bits per heavy atom. The molecule has 0 fully saturated rings. The molecule has 0 aliphatic heterocycles. The fourth-order valence-corrected chi connectivity index (χ4v) is 16.9. The van der Waals surface area contributed by atoms with Crippen LogP contribution in [0.15, 0.2) is 0 Å². The Bertz CT molecular complexity index is 271. The topological polar surface area (TPSA) is 44.5 Å². The lowest BCUT2D eigenvalue weighted by atomic mass is 10.3. The van der Waals surface area contributed by atoms with Crippen molar-refractivity contribution in [2.75, 3.05) is 6.54 Å². The molecule has 2 N–H and O–H groups in total. The van der Waals surface area contributed by atoms with Crippen molar-refractivity contribution in [3.8, 4) is 0 Å². The molecule has 0 aromatic heterocycles. The van der Waals surface area contributed by atoms with Crippen molar-refractivity contribution in [3.05, 3.63) is 0 Å². The van der Waals surface area contributed by atoms with Gasteiger partial charge in [-0.2, -0.15) is 0 Å². The van der Waals surface area contributed by atoms with Crippen LogP contribution in [0.5, 0.6) is 0 Å². The van der Waals surface area contributed by atoms with Gasteiger partial charge in [-0.05, 0) is 64.3 Å². The Morgan fingerprint density at radius 3 is 1.60 bits per heavy atom. The van der Waals surface area contributed by atoms with Gasteiger partial charge in [0.2, 0.25) is 0 Å². The van der Waals surface area contributed by atoms with Crippen LogP contribution in [0.2, 0.25) is 51.4 Å². The van der Waals surface area contributed by atoms with Crippen LogP contribution >= 0.6 is 0 Å². The van der Waals surface area contributed by atoms with Gasteiger partial charge in [0.25, 0.3) is 0 Å². The molecule has 0 bridgehead atoms. The van der Waals surface area contributed by atoms with Crippen molar-refractivity contribution >= 4 is 25.2 Å². The first kappa shape index (κ1) is 20.5. The van der Waals surface area contributed by atoms with E-state index in [0.29, 0.717) is 0 Å². The van der Waals surface area contributed by atoms with E-state index in [-0.39, 0.29) is 0 Å². The van der Waals surface area contributed by atoms with Crippen molar-refractivity contribution in [2.45, 2.75) is 84.0 Å². The molecule has 122 valence electrons. The molecule has 0 spiro atoms. The Kier molecular flexibility index (Phi) is 9.08. The first-order valence-corrected chi connectivity index (χ1v) is 17.2. The van der Waals surface area contributed by atoms with Crippen LogP contribution in [0.25, 0.3) is 0 Å². The van der Waals surface area contributed by atoms with Gasteiger partial charge in [-0.25, -0.2) is 0 Å². The molecule has 0 aliphatic rings. The monoisotopic (exact) mass is 335 g/mol. The van der Waals surface area contributed by atoms with Gasteiger partial charge >= 0.3 is 8.56 Å². The van der Waals surface area contributed by atoms with Crippen molar-refractivity contribution < 1.29 is 8.23 Å². The summed E-state index contributed by atoms with van der Waals surface area (Å²) in [7, 11) is -5.19. The maximum absolute atomic E-state index is 6.55. The van der Waals surface area contributed by atoms with Crippen LogP contribution in [0.3, 0.4) is 0 Å². The van der Waals surface area contributed by atoms with Crippen LogP contribution < -0.4 is 5.73 Å². The molecule has 0 saturated carbocycles. The second-order valence-corrected chi connectivity index (χ2v) is 19.9. The molecule has 0 saturated heterocycles. The molecule has 0 aromatic carbocycles. The Morgan fingerprint density at radius 2 is 1.20 bits per heavy atom. The molecule has 0 atom stereocenters. The van der Waals surface area contributed by atoms with Crippen LogP contribution in [0.1, 0.15) is 32.6 Å². The molecule has 3 nitrogen and oxygen atoms in total. The minimum atomic E-state index is -2.00. The largest absolute Gasteiger partial charge is 0.437 e. The van der Waals surface area contributed by atoms with E-state index in [0.717, 1.165) is 19.0 Å². The second kappa shape index (κ2) is 8.85. The second-order valence-electron chi connectivity index (χ2n) is 7.47. The Hall–Kier alpha value is 0.531. The van der Waals surface area contributed by atoms with Gasteiger partial charge in [0.15, 0.2) is 16.6 Å².